The van der Waals surface area contributed by atoms with Crippen LogP contribution in [0.1, 0.15) is 49.8 Å². The Morgan fingerprint density at radius 2 is 1.76 bits per heavy atom. The summed E-state index contributed by atoms with van der Waals surface area (Å²) in [5.74, 6) is 1.86. The number of nitrogens with zero attached hydrogens (tertiary/aromatic N) is 1. The monoisotopic (exact) mass is 501 g/mol. The maximum atomic E-state index is 13.2. The van der Waals surface area contributed by atoms with Crippen molar-refractivity contribution in [1.82, 2.24) is 4.90 Å². The number of hydrogen-bond donors (Lipinski definition) is 2. The predicted molar refractivity (Wildman–Crippen MR) is 146 cm³/mol. The van der Waals surface area contributed by atoms with Crippen molar-refractivity contribution in [3.05, 3.63) is 83.4 Å². The van der Waals surface area contributed by atoms with Crippen LogP contribution >= 0.6 is 0 Å². The van der Waals surface area contributed by atoms with Gasteiger partial charge in [-0.25, -0.2) is 4.79 Å². The zero-order valence-electron chi connectivity index (χ0n) is 21.9. The lowest BCUT2D eigenvalue weighted by atomic mass is 10.0. The maximum absolute atomic E-state index is 13.2. The molecule has 37 heavy (non-hydrogen) atoms. The van der Waals surface area contributed by atoms with Crippen LogP contribution in [0.4, 0.5) is 16.2 Å². The molecule has 0 spiro atoms. The molecule has 7 heteroatoms. The molecular weight excluding hydrogens is 466 g/mol. The summed E-state index contributed by atoms with van der Waals surface area (Å²) in [5, 5.41) is 5.77. The van der Waals surface area contributed by atoms with Gasteiger partial charge in [-0.2, -0.15) is 0 Å². The SMILES string of the molecule is CCC1Oc2ccc(NC(=O)Nc3ccc(C(C)C)cc3)cc2CN(CCc2ccccc2OC)C1=O. The second-order valence-electron chi connectivity index (χ2n) is 9.51. The fourth-order valence-corrected chi connectivity index (χ4v) is 4.44. The van der Waals surface area contributed by atoms with Crippen LogP contribution in [0.2, 0.25) is 0 Å². The molecule has 4 rings (SSSR count). The number of fused-ring (bicyclic) bond motifs is 1. The zero-order valence-corrected chi connectivity index (χ0v) is 21.9. The smallest absolute Gasteiger partial charge is 0.323 e. The van der Waals surface area contributed by atoms with Crippen LogP contribution in [0.3, 0.4) is 0 Å². The van der Waals surface area contributed by atoms with Crippen molar-refractivity contribution in [2.24, 2.45) is 0 Å². The number of carbonyl (C=O) groups is 2. The van der Waals surface area contributed by atoms with Crippen molar-refractivity contribution in [2.45, 2.75) is 52.2 Å². The van der Waals surface area contributed by atoms with Gasteiger partial charge in [0.1, 0.15) is 11.5 Å². The van der Waals surface area contributed by atoms with Crippen LogP contribution in [0.15, 0.2) is 66.7 Å². The highest BCUT2D eigenvalue weighted by Crippen LogP contribution is 2.30. The number of carbonyl (C=O) groups excluding carboxylic acids is 2. The van der Waals surface area contributed by atoms with E-state index < -0.39 is 6.10 Å². The Bertz CT molecular complexity index is 1240. The van der Waals surface area contributed by atoms with Gasteiger partial charge in [-0.1, -0.05) is 51.1 Å². The first-order valence-corrected chi connectivity index (χ1v) is 12.8. The summed E-state index contributed by atoms with van der Waals surface area (Å²) in [5.41, 5.74) is 4.46. The molecule has 0 radical (unpaired) electrons. The number of rotatable bonds is 8. The van der Waals surface area contributed by atoms with E-state index in [9.17, 15) is 9.59 Å². The molecule has 1 aliphatic rings. The summed E-state index contributed by atoms with van der Waals surface area (Å²) in [6.45, 7) is 7.14. The molecular formula is C30H35N3O4. The summed E-state index contributed by atoms with van der Waals surface area (Å²) in [6, 6.07) is 20.8. The first-order chi connectivity index (χ1) is 17.9. The van der Waals surface area contributed by atoms with Crippen LogP contribution in [0.5, 0.6) is 11.5 Å². The predicted octanol–water partition coefficient (Wildman–Crippen LogP) is 6.20. The number of hydrogen-bond acceptors (Lipinski definition) is 4. The van der Waals surface area contributed by atoms with Crippen LogP contribution in [0, 0.1) is 0 Å². The van der Waals surface area contributed by atoms with Gasteiger partial charge in [-0.3, -0.25) is 4.79 Å². The quantitative estimate of drug-likeness (QED) is 0.385. The highest BCUT2D eigenvalue weighted by atomic mass is 16.5. The molecule has 1 heterocycles. The highest BCUT2D eigenvalue weighted by molar-refractivity contribution is 5.99. The summed E-state index contributed by atoms with van der Waals surface area (Å²) in [6.07, 6.45) is 0.689. The van der Waals surface area contributed by atoms with Crippen molar-refractivity contribution in [3.63, 3.8) is 0 Å². The molecule has 7 nitrogen and oxygen atoms in total. The molecule has 0 bridgehead atoms. The number of anilines is 2. The molecule has 194 valence electrons. The number of urea groups is 1. The largest absolute Gasteiger partial charge is 0.496 e. The number of nitrogens with one attached hydrogen (secondary N) is 2. The van der Waals surface area contributed by atoms with Gasteiger partial charge in [0, 0.05) is 30.0 Å². The van der Waals surface area contributed by atoms with Gasteiger partial charge in [0.2, 0.25) is 0 Å². The van der Waals surface area contributed by atoms with Crippen LogP contribution in [-0.2, 0) is 17.8 Å². The average molecular weight is 502 g/mol. The minimum Gasteiger partial charge on any atom is -0.496 e. The van der Waals surface area contributed by atoms with Crippen molar-refractivity contribution >= 4 is 23.3 Å². The molecule has 0 aromatic heterocycles. The van der Waals surface area contributed by atoms with Gasteiger partial charge >= 0.3 is 6.03 Å². The molecule has 2 N–H and O–H groups in total. The molecule has 0 saturated carbocycles. The third kappa shape index (κ3) is 6.42. The molecule has 0 fully saturated rings. The molecule has 0 aliphatic carbocycles. The molecule has 1 aliphatic heterocycles. The van der Waals surface area contributed by atoms with E-state index in [1.54, 1.807) is 13.2 Å². The normalized spacial score (nSPS) is 15.0. The van der Waals surface area contributed by atoms with Gasteiger partial charge in [-0.05, 0) is 66.3 Å². The molecule has 1 unspecified atom stereocenters. The van der Waals surface area contributed by atoms with Gasteiger partial charge in [0.25, 0.3) is 5.91 Å². The van der Waals surface area contributed by atoms with Gasteiger partial charge < -0.3 is 25.0 Å². The van der Waals surface area contributed by atoms with Crippen LogP contribution in [0.25, 0.3) is 0 Å². The summed E-state index contributed by atoms with van der Waals surface area (Å²) < 4.78 is 11.6. The van der Waals surface area contributed by atoms with E-state index >= 15 is 0 Å². The molecule has 3 aromatic carbocycles. The van der Waals surface area contributed by atoms with Gasteiger partial charge in [0.05, 0.1) is 7.11 Å². The lowest BCUT2D eigenvalue weighted by Crippen LogP contribution is -2.40. The third-order valence-electron chi connectivity index (χ3n) is 6.59. The number of amides is 3. The fourth-order valence-electron chi connectivity index (χ4n) is 4.44. The Morgan fingerprint density at radius 1 is 1.05 bits per heavy atom. The second kappa shape index (κ2) is 11.8. The Hall–Kier alpha value is -4.00. The van der Waals surface area contributed by atoms with Gasteiger partial charge in [0.15, 0.2) is 6.10 Å². The fraction of sp³-hybridized carbons (Fsp3) is 0.333. The van der Waals surface area contributed by atoms with E-state index in [0.29, 0.717) is 43.3 Å². The Balaban J connectivity index is 1.47. The van der Waals surface area contributed by atoms with Crippen molar-refractivity contribution in [2.75, 3.05) is 24.3 Å². The standard InChI is InChI=1S/C30H35N3O4/c1-5-26-29(34)33(17-16-22-8-6-7-9-27(22)36-4)19-23-18-25(14-15-28(23)37-26)32-30(35)31-24-12-10-21(11-13-24)20(2)3/h6-15,18,20,26H,5,16-17,19H2,1-4H3,(H2,31,32,35). The van der Waals surface area contributed by atoms with Gasteiger partial charge in [-0.15, -0.1) is 0 Å². The molecule has 3 aromatic rings. The first kappa shape index (κ1) is 26.1. The van der Waals surface area contributed by atoms with Crippen molar-refractivity contribution in [1.29, 1.82) is 0 Å². The molecule has 3 amide bonds. The van der Waals surface area contributed by atoms with Crippen molar-refractivity contribution in [3.8, 4) is 11.5 Å². The van der Waals surface area contributed by atoms with E-state index in [2.05, 4.69) is 24.5 Å². The Labute approximate surface area is 218 Å². The lowest BCUT2D eigenvalue weighted by Gasteiger charge is -2.23. The maximum Gasteiger partial charge on any atom is 0.323 e. The average Bonchev–Trinajstić information content (AvgIpc) is 3.03. The van der Waals surface area contributed by atoms with E-state index in [1.807, 2.05) is 72.5 Å². The second-order valence-corrected chi connectivity index (χ2v) is 9.51. The Morgan fingerprint density at radius 3 is 2.46 bits per heavy atom. The highest BCUT2D eigenvalue weighted by Gasteiger charge is 2.30. The minimum absolute atomic E-state index is 0.0364. The number of methoxy groups -OCH3 is 1. The van der Waals surface area contributed by atoms with Crippen LogP contribution in [-0.4, -0.2) is 36.6 Å². The topological polar surface area (TPSA) is 79.9 Å². The minimum atomic E-state index is -0.546. The van der Waals surface area contributed by atoms with Crippen LogP contribution < -0.4 is 20.1 Å². The van der Waals surface area contributed by atoms with E-state index in [0.717, 1.165) is 22.6 Å². The molecule has 0 saturated heterocycles. The van der Waals surface area contributed by atoms with E-state index in [1.165, 1.54) is 5.56 Å². The molecule has 1 atom stereocenters. The zero-order chi connectivity index (χ0) is 26.4. The lowest BCUT2D eigenvalue weighted by molar-refractivity contribution is -0.138. The number of para-hydroxylation sites is 1. The summed E-state index contributed by atoms with van der Waals surface area (Å²) >= 11 is 0. The Kier molecular flexibility index (Phi) is 8.33. The van der Waals surface area contributed by atoms with E-state index in [-0.39, 0.29) is 11.9 Å². The van der Waals surface area contributed by atoms with E-state index in [4.69, 9.17) is 9.47 Å². The first-order valence-electron chi connectivity index (χ1n) is 12.8. The summed E-state index contributed by atoms with van der Waals surface area (Å²) in [7, 11) is 1.65. The third-order valence-corrected chi connectivity index (χ3v) is 6.59. The number of benzene rings is 3. The number of ether oxygens (including phenoxy) is 2. The van der Waals surface area contributed by atoms with Crippen molar-refractivity contribution < 1.29 is 19.1 Å². The summed E-state index contributed by atoms with van der Waals surface area (Å²) in [4.78, 5) is 27.7.